The largest absolute Gasteiger partial charge is 0.379 e. The lowest BCUT2D eigenvalue weighted by Crippen LogP contribution is -2.00. The average Bonchev–Trinajstić information content (AvgIpc) is 2.89. The molecule has 0 bridgehead atoms. The van der Waals surface area contributed by atoms with Crippen LogP contribution in [-0.4, -0.2) is 15.0 Å². The Morgan fingerprint density at radius 1 is 1.12 bits per heavy atom. The summed E-state index contributed by atoms with van der Waals surface area (Å²) < 4.78 is 0. The van der Waals surface area contributed by atoms with Gasteiger partial charge in [-0.3, -0.25) is 4.98 Å². The summed E-state index contributed by atoms with van der Waals surface area (Å²) in [6, 6.07) is 8.17. The minimum absolute atomic E-state index is 0.738. The lowest BCUT2D eigenvalue weighted by Gasteiger charge is -2.08. The van der Waals surface area contributed by atoms with Crippen molar-refractivity contribution in [1.29, 1.82) is 0 Å². The van der Waals surface area contributed by atoms with Crippen LogP contribution in [0.25, 0.3) is 10.8 Å². The lowest BCUT2D eigenvalue weighted by molar-refractivity contribution is 1.08. The normalized spacial score (nSPS) is 10.6. The fraction of sp³-hybridized carbons (Fsp3) is 0.0769. The second kappa shape index (κ2) is 4.25. The van der Waals surface area contributed by atoms with E-state index in [1.807, 2.05) is 30.7 Å². The number of imidazole rings is 1. The zero-order valence-corrected chi connectivity index (χ0v) is 9.22. The van der Waals surface area contributed by atoms with Gasteiger partial charge in [0.05, 0.1) is 18.6 Å². The van der Waals surface area contributed by atoms with Gasteiger partial charge in [-0.25, -0.2) is 4.98 Å². The molecule has 0 aliphatic carbocycles. The molecule has 0 aliphatic rings. The molecule has 1 aromatic carbocycles. The summed E-state index contributed by atoms with van der Waals surface area (Å²) in [6.07, 6.45) is 7.18. The van der Waals surface area contributed by atoms with Gasteiger partial charge in [0.15, 0.2) is 0 Å². The number of H-pyrrole nitrogens is 1. The molecule has 4 heteroatoms. The fourth-order valence-corrected chi connectivity index (χ4v) is 1.85. The highest BCUT2D eigenvalue weighted by Crippen LogP contribution is 2.22. The van der Waals surface area contributed by atoms with E-state index >= 15 is 0 Å². The number of aromatic nitrogens is 3. The number of nitrogens with zero attached hydrogens (tertiary/aromatic N) is 2. The number of aromatic amines is 1. The third-order valence-electron chi connectivity index (χ3n) is 2.70. The monoisotopic (exact) mass is 224 g/mol. The fourth-order valence-electron chi connectivity index (χ4n) is 1.85. The van der Waals surface area contributed by atoms with Crippen molar-refractivity contribution in [2.75, 3.05) is 5.32 Å². The van der Waals surface area contributed by atoms with Crippen molar-refractivity contribution in [1.82, 2.24) is 15.0 Å². The standard InChI is InChI=1S/C13H12N4/c1-2-10-6-14-5-4-12(10)13(3-1)16-8-11-7-15-9-17-11/h1-7,9,16H,8H2,(H,15,17). The van der Waals surface area contributed by atoms with Gasteiger partial charge in [0.25, 0.3) is 0 Å². The highest BCUT2D eigenvalue weighted by atomic mass is 14.9. The molecule has 0 saturated carbocycles. The van der Waals surface area contributed by atoms with Gasteiger partial charge in [-0.15, -0.1) is 0 Å². The Bertz CT molecular complexity index is 611. The molecule has 3 rings (SSSR count). The minimum Gasteiger partial charge on any atom is -0.379 e. The first kappa shape index (κ1) is 9.84. The second-order valence-corrected chi connectivity index (χ2v) is 3.83. The first-order chi connectivity index (χ1) is 8.43. The molecule has 0 spiro atoms. The van der Waals surface area contributed by atoms with Crippen LogP contribution in [0.1, 0.15) is 5.69 Å². The minimum atomic E-state index is 0.738. The molecule has 2 heterocycles. The summed E-state index contributed by atoms with van der Waals surface area (Å²) in [4.78, 5) is 11.2. The van der Waals surface area contributed by atoms with Crippen LogP contribution in [0.4, 0.5) is 5.69 Å². The van der Waals surface area contributed by atoms with Gasteiger partial charge in [0.1, 0.15) is 0 Å². The van der Waals surface area contributed by atoms with Crippen molar-refractivity contribution >= 4 is 16.5 Å². The average molecular weight is 224 g/mol. The predicted molar refractivity (Wildman–Crippen MR) is 67.7 cm³/mol. The van der Waals surface area contributed by atoms with Crippen molar-refractivity contribution < 1.29 is 0 Å². The molecule has 0 unspecified atom stereocenters. The molecule has 0 amide bonds. The summed E-state index contributed by atoms with van der Waals surface area (Å²) in [7, 11) is 0. The quantitative estimate of drug-likeness (QED) is 0.719. The molecular formula is C13H12N4. The van der Waals surface area contributed by atoms with Crippen LogP contribution in [0.15, 0.2) is 49.2 Å². The molecule has 2 aromatic heterocycles. The smallest absolute Gasteiger partial charge is 0.0922 e. The van der Waals surface area contributed by atoms with Gasteiger partial charge in [0.2, 0.25) is 0 Å². The molecular weight excluding hydrogens is 212 g/mol. The molecule has 0 aliphatic heterocycles. The number of fused-ring (bicyclic) bond motifs is 1. The number of nitrogens with one attached hydrogen (secondary N) is 2. The van der Waals surface area contributed by atoms with Crippen LogP contribution in [-0.2, 0) is 6.54 Å². The van der Waals surface area contributed by atoms with E-state index in [9.17, 15) is 0 Å². The summed E-state index contributed by atoms with van der Waals surface area (Å²) in [5.74, 6) is 0. The van der Waals surface area contributed by atoms with Gasteiger partial charge >= 0.3 is 0 Å². The number of benzene rings is 1. The van der Waals surface area contributed by atoms with Crippen molar-refractivity contribution in [3.8, 4) is 0 Å². The van der Waals surface area contributed by atoms with E-state index in [0.29, 0.717) is 0 Å². The van der Waals surface area contributed by atoms with Gasteiger partial charge in [-0.2, -0.15) is 0 Å². The maximum absolute atomic E-state index is 4.12. The Morgan fingerprint density at radius 2 is 2.12 bits per heavy atom. The number of anilines is 1. The van der Waals surface area contributed by atoms with Crippen LogP contribution in [0, 0.1) is 0 Å². The van der Waals surface area contributed by atoms with E-state index in [-0.39, 0.29) is 0 Å². The van der Waals surface area contributed by atoms with Gasteiger partial charge in [-0.1, -0.05) is 12.1 Å². The van der Waals surface area contributed by atoms with Crippen LogP contribution in [0.3, 0.4) is 0 Å². The van der Waals surface area contributed by atoms with Crippen LogP contribution in [0.2, 0.25) is 0 Å². The summed E-state index contributed by atoms with van der Waals surface area (Å²) in [5, 5.41) is 5.71. The van der Waals surface area contributed by atoms with E-state index in [1.54, 1.807) is 6.33 Å². The Kier molecular flexibility index (Phi) is 2.46. The second-order valence-electron chi connectivity index (χ2n) is 3.83. The third kappa shape index (κ3) is 1.97. The third-order valence-corrected chi connectivity index (χ3v) is 2.70. The Labute approximate surface area is 98.7 Å². The Hall–Kier alpha value is -2.36. The predicted octanol–water partition coefficient (Wildman–Crippen LogP) is 2.57. The molecule has 0 atom stereocenters. The van der Waals surface area contributed by atoms with Crippen LogP contribution >= 0.6 is 0 Å². The van der Waals surface area contributed by atoms with E-state index in [2.05, 4.69) is 32.4 Å². The number of hydrogen-bond donors (Lipinski definition) is 2. The van der Waals surface area contributed by atoms with E-state index in [1.165, 1.54) is 5.39 Å². The highest BCUT2D eigenvalue weighted by Gasteiger charge is 2.00. The molecule has 2 N–H and O–H groups in total. The molecule has 0 radical (unpaired) electrons. The molecule has 17 heavy (non-hydrogen) atoms. The zero-order chi connectivity index (χ0) is 11.5. The number of hydrogen-bond acceptors (Lipinski definition) is 3. The van der Waals surface area contributed by atoms with Crippen molar-refractivity contribution in [2.24, 2.45) is 0 Å². The van der Waals surface area contributed by atoms with Gasteiger partial charge < -0.3 is 10.3 Å². The van der Waals surface area contributed by atoms with Crippen LogP contribution in [0.5, 0.6) is 0 Å². The van der Waals surface area contributed by atoms with Crippen molar-refractivity contribution in [3.05, 3.63) is 54.9 Å². The van der Waals surface area contributed by atoms with E-state index in [4.69, 9.17) is 0 Å². The van der Waals surface area contributed by atoms with Crippen LogP contribution < -0.4 is 5.32 Å². The summed E-state index contributed by atoms with van der Waals surface area (Å²) in [5.41, 5.74) is 2.18. The van der Waals surface area contributed by atoms with E-state index in [0.717, 1.165) is 23.3 Å². The number of pyridine rings is 1. The van der Waals surface area contributed by atoms with Gasteiger partial charge in [0, 0.05) is 35.1 Å². The Balaban J connectivity index is 1.90. The molecule has 3 aromatic rings. The highest BCUT2D eigenvalue weighted by molar-refractivity contribution is 5.93. The lowest BCUT2D eigenvalue weighted by atomic mass is 10.1. The van der Waals surface area contributed by atoms with Gasteiger partial charge in [-0.05, 0) is 12.1 Å². The molecule has 0 fully saturated rings. The maximum atomic E-state index is 4.12. The van der Waals surface area contributed by atoms with E-state index < -0.39 is 0 Å². The molecule has 0 saturated heterocycles. The zero-order valence-electron chi connectivity index (χ0n) is 9.22. The summed E-state index contributed by atoms with van der Waals surface area (Å²) in [6.45, 7) is 0.738. The molecule has 84 valence electrons. The van der Waals surface area contributed by atoms with Crippen molar-refractivity contribution in [2.45, 2.75) is 6.54 Å². The topological polar surface area (TPSA) is 53.6 Å². The molecule has 4 nitrogen and oxygen atoms in total. The first-order valence-corrected chi connectivity index (χ1v) is 5.47. The first-order valence-electron chi connectivity index (χ1n) is 5.47. The SMILES string of the molecule is c1cc(NCc2cnc[nH]2)c2ccncc2c1. The summed E-state index contributed by atoms with van der Waals surface area (Å²) >= 11 is 0. The van der Waals surface area contributed by atoms with Crippen molar-refractivity contribution in [3.63, 3.8) is 0 Å². The Morgan fingerprint density at radius 3 is 3.00 bits per heavy atom. The maximum Gasteiger partial charge on any atom is 0.0922 e. The number of rotatable bonds is 3.